The molecule has 3 aromatic rings. The van der Waals surface area contributed by atoms with Crippen LogP contribution < -0.4 is 19.1 Å². The van der Waals surface area contributed by atoms with E-state index in [4.69, 9.17) is 9.47 Å². The van der Waals surface area contributed by atoms with E-state index in [2.05, 4.69) is 5.32 Å². The normalized spacial score (nSPS) is 13.3. The number of fused-ring (bicyclic) bond motifs is 1. The number of hydrogen-bond acceptors (Lipinski definition) is 6. The first kappa shape index (κ1) is 31.9. The molecule has 0 unspecified atom stereocenters. The van der Waals surface area contributed by atoms with E-state index < -0.39 is 16.1 Å². The van der Waals surface area contributed by atoms with Crippen LogP contribution in [0.25, 0.3) is 0 Å². The van der Waals surface area contributed by atoms with Crippen molar-refractivity contribution in [1.29, 1.82) is 0 Å². The largest absolute Gasteiger partial charge is 0.486 e. The number of carbonyl (C=O) groups excluding carboxylic acids is 2. The standard InChI is InChI=1S/C33H41N3O6S/c1-24(2)34-33(38)29(21-26-11-6-5-7-12-26)35(23-27-13-8-10-25(3)20-27)32(37)14-9-17-36(43(4,39)40)28-15-16-30-31(22-28)42-19-18-41-30/h5-8,10-13,15-16,20,22,24,29H,9,14,17-19,21,23H2,1-4H3,(H,34,38)/t29-/m1/s1. The molecule has 0 saturated heterocycles. The molecule has 0 fully saturated rings. The lowest BCUT2D eigenvalue weighted by Crippen LogP contribution is -2.51. The molecule has 43 heavy (non-hydrogen) atoms. The maximum Gasteiger partial charge on any atom is 0.243 e. The van der Waals surface area contributed by atoms with Gasteiger partial charge in [-0.3, -0.25) is 13.9 Å². The van der Waals surface area contributed by atoms with Gasteiger partial charge in [0.2, 0.25) is 21.8 Å². The monoisotopic (exact) mass is 607 g/mol. The van der Waals surface area contributed by atoms with Gasteiger partial charge in [0.1, 0.15) is 19.3 Å². The zero-order valence-corrected chi connectivity index (χ0v) is 26.1. The van der Waals surface area contributed by atoms with Crippen LogP contribution in [0.4, 0.5) is 5.69 Å². The third-order valence-electron chi connectivity index (χ3n) is 7.10. The summed E-state index contributed by atoms with van der Waals surface area (Å²) in [4.78, 5) is 29.2. The Morgan fingerprint density at radius 1 is 0.907 bits per heavy atom. The first-order valence-electron chi connectivity index (χ1n) is 14.6. The Morgan fingerprint density at radius 3 is 2.28 bits per heavy atom. The van der Waals surface area contributed by atoms with Crippen molar-refractivity contribution in [3.63, 3.8) is 0 Å². The quantitative estimate of drug-likeness (QED) is 0.307. The molecule has 0 bridgehead atoms. The number of nitrogens with one attached hydrogen (secondary N) is 1. The van der Waals surface area contributed by atoms with E-state index >= 15 is 0 Å². The molecule has 1 aliphatic rings. The average molecular weight is 608 g/mol. The lowest BCUT2D eigenvalue weighted by atomic mass is 10.0. The number of aryl methyl sites for hydroxylation is 1. The summed E-state index contributed by atoms with van der Waals surface area (Å²) >= 11 is 0. The van der Waals surface area contributed by atoms with E-state index in [0.717, 1.165) is 22.9 Å². The van der Waals surface area contributed by atoms with Crippen LogP contribution in [-0.2, 0) is 32.6 Å². The molecule has 0 spiro atoms. The second-order valence-corrected chi connectivity index (χ2v) is 13.1. The molecule has 1 atom stereocenters. The number of anilines is 1. The van der Waals surface area contributed by atoms with E-state index in [-0.39, 0.29) is 43.8 Å². The highest BCUT2D eigenvalue weighted by Crippen LogP contribution is 2.34. The van der Waals surface area contributed by atoms with Crippen molar-refractivity contribution in [2.75, 3.05) is 30.3 Å². The molecule has 3 aromatic carbocycles. The highest BCUT2D eigenvalue weighted by Gasteiger charge is 2.31. The van der Waals surface area contributed by atoms with E-state index in [1.165, 1.54) is 4.31 Å². The van der Waals surface area contributed by atoms with Gasteiger partial charge >= 0.3 is 0 Å². The van der Waals surface area contributed by atoms with Crippen LogP contribution >= 0.6 is 0 Å². The minimum absolute atomic E-state index is 0.0582. The number of rotatable bonds is 13. The van der Waals surface area contributed by atoms with Crippen LogP contribution in [-0.4, -0.2) is 63.2 Å². The summed E-state index contributed by atoms with van der Waals surface area (Å²) in [5.41, 5.74) is 3.35. The van der Waals surface area contributed by atoms with E-state index in [0.29, 0.717) is 36.8 Å². The van der Waals surface area contributed by atoms with Crippen molar-refractivity contribution in [2.45, 2.75) is 58.7 Å². The van der Waals surface area contributed by atoms with E-state index in [1.807, 2.05) is 75.4 Å². The van der Waals surface area contributed by atoms with Crippen molar-refractivity contribution < 1.29 is 27.5 Å². The molecule has 0 aliphatic carbocycles. The highest BCUT2D eigenvalue weighted by molar-refractivity contribution is 7.92. The maximum atomic E-state index is 14.0. The zero-order chi connectivity index (χ0) is 31.0. The molecule has 2 amide bonds. The molecule has 230 valence electrons. The number of amides is 2. The predicted octanol–water partition coefficient (Wildman–Crippen LogP) is 4.48. The molecular weight excluding hydrogens is 566 g/mol. The average Bonchev–Trinajstić information content (AvgIpc) is 2.96. The van der Waals surface area contributed by atoms with Crippen LogP contribution in [0.3, 0.4) is 0 Å². The lowest BCUT2D eigenvalue weighted by Gasteiger charge is -2.32. The minimum Gasteiger partial charge on any atom is -0.486 e. The Morgan fingerprint density at radius 2 is 1.60 bits per heavy atom. The van der Waals surface area contributed by atoms with Gasteiger partial charge in [0, 0.05) is 38.0 Å². The molecule has 1 aliphatic heterocycles. The predicted molar refractivity (Wildman–Crippen MR) is 168 cm³/mol. The fourth-order valence-electron chi connectivity index (χ4n) is 5.13. The fourth-order valence-corrected chi connectivity index (χ4v) is 6.09. The highest BCUT2D eigenvalue weighted by atomic mass is 32.2. The summed E-state index contributed by atoms with van der Waals surface area (Å²) in [5, 5.41) is 2.99. The molecule has 9 nitrogen and oxygen atoms in total. The Kier molecular flexibility index (Phi) is 10.7. The lowest BCUT2D eigenvalue weighted by molar-refractivity contribution is -0.141. The summed E-state index contributed by atoms with van der Waals surface area (Å²) in [7, 11) is -3.65. The summed E-state index contributed by atoms with van der Waals surface area (Å²) in [6, 6.07) is 21.7. The fraction of sp³-hybridized carbons (Fsp3) is 0.394. The summed E-state index contributed by atoms with van der Waals surface area (Å²) < 4.78 is 38.1. The number of sulfonamides is 1. The van der Waals surface area contributed by atoms with Crippen molar-refractivity contribution in [3.8, 4) is 11.5 Å². The van der Waals surface area contributed by atoms with Crippen LogP contribution in [0.5, 0.6) is 11.5 Å². The van der Waals surface area contributed by atoms with E-state index in [1.54, 1.807) is 23.1 Å². The minimum atomic E-state index is -3.65. The van der Waals surface area contributed by atoms with Crippen molar-refractivity contribution >= 4 is 27.5 Å². The second-order valence-electron chi connectivity index (χ2n) is 11.1. The summed E-state index contributed by atoms with van der Waals surface area (Å²) in [6.45, 7) is 6.92. The van der Waals surface area contributed by atoms with Gasteiger partial charge in [-0.15, -0.1) is 0 Å². The number of carbonyl (C=O) groups is 2. The Bertz CT molecular complexity index is 1510. The van der Waals surface area contributed by atoms with Gasteiger partial charge < -0.3 is 19.7 Å². The summed E-state index contributed by atoms with van der Waals surface area (Å²) in [5.74, 6) is 0.596. The van der Waals surface area contributed by atoms with Gasteiger partial charge in [-0.1, -0.05) is 60.2 Å². The molecular formula is C33H41N3O6S. The van der Waals surface area contributed by atoms with Crippen LogP contribution in [0.2, 0.25) is 0 Å². The topological polar surface area (TPSA) is 105 Å². The number of hydrogen-bond donors (Lipinski definition) is 1. The van der Waals surface area contributed by atoms with Gasteiger partial charge in [-0.05, 0) is 50.5 Å². The van der Waals surface area contributed by atoms with Crippen LogP contribution in [0.15, 0.2) is 72.8 Å². The number of nitrogens with zero attached hydrogens (tertiary/aromatic N) is 2. The van der Waals surface area contributed by atoms with Crippen molar-refractivity contribution in [2.24, 2.45) is 0 Å². The molecule has 4 rings (SSSR count). The zero-order valence-electron chi connectivity index (χ0n) is 25.3. The third-order valence-corrected chi connectivity index (χ3v) is 8.30. The third kappa shape index (κ3) is 8.97. The Balaban J connectivity index is 1.57. The Hall–Kier alpha value is -4.05. The molecule has 0 radical (unpaired) electrons. The molecule has 1 N–H and O–H groups in total. The first-order valence-corrected chi connectivity index (χ1v) is 16.4. The van der Waals surface area contributed by atoms with Gasteiger partial charge in [0.25, 0.3) is 0 Å². The van der Waals surface area contributed by atoms with Gasteiger partial charge in [-0.2, -0.15) is 0 Å². The molecule has 0 saturated carbocycles. The van der Waals surface area contributed by atoms with Crippen molar-refractivity contribution in [1.82, 2.24) is 10.2 Å². The van der Waals surface area contributed by atoms with Gasteiger partial charge in [0.15, 0.2) is 11.5 Å². The second kappa shape index (κ2) is 14.4. The van der Waals surface area contributed by atoms with E-state index in [9.17, 15) is 18.0 Å². The Labute approximate surface area is 254 Å². The smallest absolute Gasteiger partial charge is 0.243 e. The molecule has 0 aromatic heterocycles. The summed E-state index contributed by atoms with van der Waals surface area (Å²) in [6.07, 6.45) is 1.81. The van der Waals surface area contributed by atoms with Crippen molar-refractivity contribution in [3.05, 3.63) is 89.5 Å². The molecule has 10 heteroatoms. The molecule has 1 heterocycles. The number of benzene rings is 3. The van der Waals surface area contributed by atoms with Crippen LogP contribution in [0, 0.1) is 6.92 Å². The van der Waals surface area contributed by atoms with Gasteiger partial charge in [0.05, 0.1) is 11.9 Å². The SMILES string of the molecule is Cc1cccc(CN(C(=O)CCCN(c2ccc3c(c2)OCCO3)S(C)(=O)=O)[C@H](Cc2ccccc2)C(=O)NC(C)C)c1. The first-order chi connectivity index (χ1) is 20.5. The van der Waals surface area contributed by atoms with Crippen LogP contribution in [0.1, 0.15) is 43.4 Å². The van der Waals surface area contributed by atoms with Gasteiger partial charge in [-0.25, -0.2) is 8.42 Å². The maximum absolute atomic E-state index is 14.0. The number of ether oxygens (including phenoxy) is 2.